The third-order valence-corrected chi connectivity index (χ3v) is 0. The maximum absolute atomic E-state index is 8.81. The molecule has 0 aliphatic carbocycles. The fraction of sp³-hybridized carbons (Fsp3) is 0. The Labute approximate surface area is 74.4 Å². The average molecular weight is 265 g/mol. The summed E-state index contributed by atoms with van der Waals surface area (Å²) in [5.41, 5.74) is 0. The largest absolute Gasteiger partial charge is 0 e. The minimum atomic E-state index is -3.61. The van der Waals surface area contributed by atoms with Crippen LogP contribution in [0.4, 0.5) is 0 Å². The van der Waals surface area contributed by atoms with E-state index in [0.29, 0.717) is 0 Å². The maximum Gasteiger partial charge on any atom is 0 e. The van der Waals surface area contributed by atoms with Crippen molar-refractivity contribution < 1.29 is 10.0 Å². The van der Waals surface area contributed by atoms with E-state index in [1.165, 1.54) is 0 Å². The Bertz CT molecular complexity index is 29.9. The molecule has 0 atom stereocenters. The van der Waals surface area contributed by atoms with Crippen LogP contribution in [0.3, 0.4) is 0 Å². The first-order valence-corrected chi connectivity index (χ1v) is 3.57. The minimum Gasteiger partial charge on any atom is 0 e. The first-order valence-electron chi connectivity index (χ1n) is 0.532. The van der Waals surface area contributed by atoms with Crippen LogP contribution in [0.1, 0.15) is 0 Å². The van der Waals surface area contributed by atoms with Gasteiger partial charge in [-0.15, -0.1) is 0 Å². The zero-order valence-electron chi connectivity index (χ0n) is 2.42. The predicted molar refractivity (Wildman–Crippen MR) is 16.6 cm³/mol. The summed E-state index contributed by atoms with van der Waals surface area (Å²) < 4.78 is 23.3. The molecule has 0 aliphatic rings. The Morgan fingerprint density at radius 1 is 1.40 bits per heavy atom. The molecule has 0 spiro atoms. The molecule has 0 aromatic carbocycles. The monoisotopic (exact) mass is 268 g/mol. The Hall–Kier alpha value is 1.99. The van der Waals surface area contributed by atoms with E-state index in [1.54, 1.807) is 0 Å². The van der Waals surface area contributed by atoms with Crippen molar-refractivity contribution in [3.05, 3.63) is 0 Å². The van der Waals surface area contributed by atoms with Crippen LogP contribution in [0.15, 0.2) is 0 Å². The predicted octanol–water partition coefficient (Wildman–Crippen LogP) is -1.99. The molecule has 0 aliphatic heterocycles. The zero-order valence-corrected chi connectivity index (χ0v) is 8.22. The molecule has 0 saturated carbocycles. The maximum atomic E-state index is 8.81. The quantitative estimate of drug-likeness (QED) is 0.498. The van der Waals surface area contributed by atoms with Gasteiger partial charge in [0.25, 0.3) is 0 Å². The van der Waals surface area contributed by atoms with Gasteiger partial charge in [-0.05, 0) is 0 Å². The SMILES string of the molecule is O=[Te](O)O.[Sr]. The summed E-state index contributed by atoms with van der Waals surface area (Å²) >= 11 is -3.61. The van der Waals surface area contributed by atoms with Crippen molar-refractivity contribution in [2.75, 3.05) is 0 Å². The number of hydrogen-bond donors (Lipinski definition) is 2. The van der Waals surface area contributed by atoms with Crippen molar-refractivity contribution in [1.82, 2.24) is 0 Å². The van der Waals surface area contributed by atoms with Gasteiger partial charge in [-0.1, -0.05) is 0 Å². The standard InChI is InChI=1S/H2O3Te.Sr/c1-4(2)3;/h(H2,1,2,3);. The normalized spacial score (nSPS) is 7.00. The summed E-state index contributed by atoms with van der Waals surface area (Å²) in [6.07, 6.45) is 0. The van der Waals surface area contributed by atoms with Gasteiger partial charge in [0.15, 0.2) is 0 Å². The van der Waals surface area contributed by atoms with Crippen LogP contribution in [0.25, 0.3) is 0 Å². The molecule has 0 saturated heterocycles. The molecule has 0 fully saturated rings. The summed E-state index contributed by atoms with van der Waals surface area (Å²) in [7, 11) is 0. The second-order valence-corrected chi connectivity index (χ2v) is 1.55. The second-order valence-electron chi connectivity index (χ2n) is 0.231. The van der Waals surface area contributed by atoms with Crippen molar-refractivity contribution in [2.45, 2.75) is 0 Å². The number of rotatable bonds is 0. The molecule has 2 N–H and O–H groups in total. The first-order chi connectivity index (χ1) is 1.73. The summed E-state index contributed by atoms with van der Waals surface area (Å²) in [6, 6.07) is 0. The molecule has 5 heavy (non-hydrogen) atoms. The van der Waals surface area contributed by atoms with Gasteiger partial charge in [-0.2, -0.15) is 0 Å². The summed E-state index contributed by atoms with van der Waals surface area (Å²) in [5, 5.41) is 0. The van der Waals surface area contributed by atoms with E-state index in [1.807, 2.05) is 0 Å². The minimum absolute atomic E-state index is 0. The van der Waals surface area contributed by atoms with Crippen LogP contribution in [-0.2, 0) is 3.10 Å². The van der Waals surface area contributed by atoms with Gasteiger partial charge in [0.2, 0.25) is 0 Å². The van der Waals surface area contributed by atoms with Crippen molar-refractivity contribution in [2.24, 2.45) is 0 Å². The van der Waals surface area contributed by atoms with Crippen LogP contribution in [0.5, 0.6) is 0 Å². The van der Waals surface area contributed by atoms with Gasteiger partial charge < -0.3 is 0 Å². The molecule has 0 bridgehead atoms. The van der Waals surface area contributed by atoms with Crippen LogP contribution in [0.2, 0.25) is 0 Å². The Morgan fingerprint density at radius 2 is 1.40 bits per heavy atom. The third-order valence-electron chi connectivity index (χ3n) is 0. The van der Waals surface area contributed by atoms with Crippen molar-refractivity contribution >= 4 is 65.8 Å². The second kappa shape index (κ2) is 5.99. The van der Waals surface area contributed by atoms with E-state index in [-0.39, 0.29) is 45.5 Å². The molecule has 0 aromatic rings. The molecule has 5 heteroatoms. The van der Waals surface area contributed by atoms with Crippen molar-refractivity contribution in [3.63, 3.8) is 0 Å². The molecule has 0 heterocycles. The van der Waals surface area contributed by atoms with E-state index in [0.717, 1.165) is 0 Å². The zero-order chi connectivity index (χ0) is 3.58. The fourth-order valence-electron chi connectivity index (χ4n) is 0. The molecule has 0 unspecified atom stereocenters. The van der Waals surface area contributed by atoms with Crippen molar-refractivity contribution in [1.29, 1.82) is 0 Å². The van der Waals surface area contributed by atoms with Gasteiger partial charge >= 0.3 is 30.4 Å². The molecular formula is H2O3SrTe. The van der Waals surface area contributed by atoms with Crippen LogP contribution < -0.4 is 0 Å². The smallest absolute Gasteiger partial charge is 0 e. The van der Waals surface area contributed by atoms with Gasteiger partial charge in [-0.3, -0.25) is 0 Å². The topological polar surface area (TPSA) is 57.5 Å². The molecule has 0 amide bonds. The van der Waals surface area contributed by atoms with Gasteiger partial charge in [0.05, 0.1) is 0 Å². The third kappa shape index (κ3) is 24.1. The summed E-state index contributed by atoms with van der Waals surface area (Å²) in [5.74, 6) is 0. The molecule has 0 rings (SSSR count). The van der Waals surface area contributed by atoms with Crippen LogP contribution >= 0.6 is 0 Å². The number of hydrogen-bond acceptors (Lipinski definition) is 1. The summed E-state index contributed by atoms with van der Waals surface area (Å²) in [4.78, 5) is 0. The Morgan fingerprint density at radius 3 is 1.40 bits per heavy atom. The van der Waals surface area contributed by atoms with Gasteiger partial charge in [0, 0.05) is 45.5 Å². The van der Waals surface area contributed by atoms with Crippen molar-refractivity contribution in [3.8, 4) is 0 Å². The van der Waals surface area contributed by atoms with Crippen LogP contribution in [-0.4, -0.2) is 72.8 Å². The molecule has 2 radical (unpaired) electrons. The molecule has 0 aromatic heterocycles. The van der Waals surface area contributed by atoms with E-state index in [9.17, 15) is 0 Å². The van der Waals surface area contributed by atoms with Gasteiger partial charge in [-0.25, -0.2) is 0 Å². The van der Waals surface area contributed by atoms with E-state index >= 15 is 0 Å². The van der Waals surface area contributed by atoms with E-state index in [4.69, 9.17) is 10.0 Å². The average Bonchev–Trinajstić information content (AvgIpc) is 0.811. The summed E-state index contributed by atoms with van der Waals surface area (Å²) in [6.45, 7) is 0. The van der Waals surface area contributed by atoms with Crippen LogP contribution in [0, 0.1) is 0 Å². The first kappa shape index (κ1) is 10.1. The van der Waals surface area contributed by atoms with Gasteiger partial charge in [0.1, 0.15) is 0 Å². The Balaban J connectivity index is 0. The molecule has 3 nitrogen and oxygen atoms in total. The molecule has 28 valence electrons. The van der Waals surface area contributed by atoms with E-state index < -0.39 is 20.4 Å². The Kier molecular flexibility index (Phi) is 12.1. The molecular weight excluding hydrogens is 263 g/mol. The van der Waals surface area contributed by atoms with E-state index in [2.05, 4.69) is 0 Å². The fourth-order valence-corrected chi connectivity index (χ4v) is 0.